The smallest absolute Gasteiger partial charge is 0.176 e. The standard InChI is InChI=1S/C13H17N5O4/c1-6(14)13(11(21)10(20)8(4-19)22-13)9-3-2-7-12(15)16-5-17-18(7)9/h2-3,5,8,10-11,14,19-21H,4H2,1H3,(H2,15,16,17)/t8-,10-,11-,13+/m1/s1. The van der Waals surface area contributed by atoms with E-state index >= 15 is 0 Å². The van der Waals surface area contributed by atoms with Crippen LogP contribution in [0.1, 0.15) is 12.6 Å². The highest BCUT2D eigenvalue weighted by atomic mass is 16.6. The zero-order chi connectivity index (χ0) is 16.1. The molecule has 0 aromatic carbocycles. The van der Waals surface area contributed by atoms with E-state index in [1.807, 2.05) is 0 Å². The van der Waals surface area contributed by atoms with Gasteiger partial charge in [-0.25, -0.2) is 9.50 Å². The molecule has 1 aliphatic rings. The molecule has 0 bridgehead atoms. The van der Waals surface area contributed by atoms with E-state index in [-0.39, 0.29) is 11.5 Å². The number of hydrogen-bond donors (Lipinski definition) is 5. The van der Waals surface area contributed by atoms with Gasteiger partial charge in [-0.1, -0.05) is 0 Å². The molecule has 0 saturated carbocycles. The molecule has 1 saturated heterocycles. The number of aliphatic hydroxyl groups excluding tert-OH is 3. The summed E-state index contributed by atoms with van der Waals surface area (Å²) in [5.74, 6) is 0.241. The maximum absolute atomic E-state index is 10.5. The van der Waals surface area contributed by atoms with Crippen molar-refractivity contribution in [2.75, 3.05) is 12.3 Å². The van der Waals surface area contributed by atoms with Gasteiger partial charge in [-0.15, -0.1) is 0 Å². The Balaban J connectivity index is 2.24. The quantitative estimate of drug-likeness (QED) is 0.440. The number of nitrogens with one attached hydrogen (secondary N) is 1. The number of fused-ring (bicyclic) bond motifs is 1. The van der Waals surface area contributed by atoms with Gasteiger partial charge < -0.3 is 31.2 Å². The number of nitrogens with zero attached hydrogens (tertiary/aromatic N) is 3. The lowest BCUT2D eigenvalue weighted by Gasteiger charge is -2.31. The SMILES string of the molecule is CC(=N)[C@@]1(c2ccc3c(N)ncnn23)O[C@H](CO)[C@@H](O)[C@H]1O. The van der Waals surface area contributed by atoms with Crippen molar-refractivity contribution in [2.45, 2.75) is 30.8 Å². The number of anilines is 1. The van der Waals surface area contributed by atoms with Gasteiger partial charge in [0.25, 0.3) is 0 Å². The lowest BCUT2D eigenvalue weighted by atomic mass is 9.87. The van der Waals surface area contributed by atoms with E-state index in [1.54, 1.807) is 12.1 Å². The molecule has 2 aromatic heterocycles. The van der Waals surface area contributed by atoms with Gasteiger partial charge in [-0.2, -0.15) is 5.10 Å². The van der Waals surface area contributed by atoms with Crippen LogP contribution in [0.2, 0.25) is 0 Å². The Morgan fingerprint density at radius 2 is 2.23 bits per heavy atom. The lowest BCUT2D eigenvalue weighted by Crippen LogP contribution is -2.46. The average molecular weight is 307 g/mol. The van der Waals surface area contributed by atoms with Crippen LogP contribution < -0.4 is 5.73 Å². The maximum Gasteiger partial charge on any atom is 0.176 e. The Kier molecular flexibility index (Phi) is 3.37. The summed E-state index contributed by atoms with van der Waals surface area (Å²) < 4.78 is 7.09. The van der Waals surface area contributed by atoms with E-state index in [0.717, 1.165) is 0 Å². The van der Waals surface area contributed by atoms with Crippen LogP contribution in [0.5, 0.6) is 0 Å². The van der Waals surface area contributed by atoms with Crippen LogP contribution in [0, 0.1) is 5.41 Å². The molecule has 0 unspecified atom stereocenters. The molecule has 4 atom stereocenters. The predicted molar refractivity (Wildman–Crippen MR) is 76.5 cm³/mol. The Labute approximate surface area is 125 Å². The van der Waals surface area contributed by atoms with Crippen LogP contribution in [0.15, 0.2) is 18.5 Å². The van der Waals surface area contributed by atoms with Crippen molar-refractivity contribution in [3.63, 3.8) is 0 Å². The molecule has 0 radical (unpaired) electrons. The van der Waals surface area contributed by atoms with E-state index in [9.17, 15) is 15.3 Å². The summed E-state index contributed by atoms with van der Waals surface area (Å²) in [6.07, 6.45) is -2.49. The molecule has 0 aliphatic carbocycles. The number of aromatic nitrogens is 3. The van der Waals surface area contributed by atoms with E-state index < -0.39 is 30.5 Å². The minimum absolute atomic E-state index is 0.0211. The fourth-order valence-corrected chi connectivity index (χ4v) is 2.92. The number of nitrogens with two attached hydrogens (primary N) is 1. The topological polar surface area (TPSA) is 150 Å². The minimum atomic E-state index is -1.61. The van der Waals surface area contributed by atoms with Gasteiger partial charge in [-0.3, -0.25) is 0 Å². The molecule has 3 rings (SSSR count). The van der Waals surface area contributed by atoms with Crippen molar-refractivity contribution in [1.82, 2.24) is 14.6 Å². The normalized spacial score (nSPS) is 31.7. The highest BCUT2D eigenvalue weighted by molar-refractivity contribution is 5.90. The largest absolute Gasteiger partial charge is 0.394 e. The molecule has 9 nitrogen and oxygen atoms in total. The second kappa shape index (κ2) is 4.99. The van der Waals surface area contributed by atoms with Gasteiger partial charge in [0.2, 0.25) is 0 Å². The van der Waals surface area contributed by atoms with Crippen molar-refractivity contribution < 1.29 is 20.1 Å². The van der Waals surface area contributed by atoms with Crippen LogP contribution in [0.25, 0.3) is 5.52 Å². The van der Waals surface area contributed by atoms with Crippen LogP contribution in [-0.4, -0.2) is 60.5 Å². The number of rotatable bonds is 3. The van der Waals surface area contributed by atoms with Crippen LogP contribution in [0.3, 0.4) is 0 Å². The van der Waals surface area contributed by atoms with Crippen LogP contribution in [0.4, 0.5) is 5.82 Å². The first-order valence-corrected chi connectivity index (χ1v) is 6.72. The summed E-state index contributed by atoms with van der Waals surface area (Å²) >= 11 is 0. The van der Waals surface area contributed by atoms with Gasteiger partial charge in [0.1, 0.15) is 30.2 Å². The third kappa shape index (κ3) is 1.77. The maximum atomic E-state index is 10.5. The first-order chi connectivity index (χ1) is 10.4. The van der Waals surface area contributed by atoms with E-state index in [1.165, 1.54) is 17.8 Å². The molecular weight excluding hydrogens is 290 g/mol. The molecule has 0 spiro atoms. The number of ether oxygens (including phenoxy) is 1. The molecule has 1 fully saturated rings. The monoisotopic (exact) mass is 307 g/mol. The summed E-state index contributed by atoms with van der Waals surface area (Å²) in [7, 11) is 0. The Hall–Kier alpha value is -2.07. The van der Waals surface area contributed by atoms with Gasteiger partial charge in [0.05, 0.1) is 12.3 Å². The van der Waals surface area contributed by atoms with E-state index in [0.29, 0.717) is 11.2 Å². The van der Waals surface area contributed by atoms with E-state index in [4.69, 9.17) is 15.9 Å². The summed E-state index contributed by atoms with van der Waals surface area (Å²) in [5.41, 5.74) is 4.99. The lowest BCUT2D eigenvalue weighted by molar-refractivity contribution is -0.0571. The van der Waals surface area contributed by atoms with Crippen LogP contribution in [-0.2, 0) is 10.3 Å². The molecule has 0 amide bonds. The summed E-state index contributed by atoms with van der Waals surface area (Å²) in [5, 5.41) is 42.0. The molecule has 9 heteroatoms. The van der Waals surface area contributed by atoms with Crippen molar-refractivity contribution >= 4 is 17.0 Å². The fraction of sp³-hybridized carbons (Fsp3) is 0.462. The molecule has 22 heavy (non-hydrogen) atoms. The Bertz CT molecular complexity index is 732. The van der Waals surface area contributed by atoms with Gasteiger partial charge in [-0.05, 0) is 19.1 Å². The first kappa shape index (κ1) is 14.9. The number of aliphatic hydroxyl groups is 3. The summed E-state index contributed by atoms with van der Waals surface area (Å²) in [6.45, 7) is 0.979. The van der Waals surface area contributed by atoms with Crippen molar-refractivity contribution in [2.24, 2.45) is 0 Å². The average Bonchev–Trinajstić information content (AvgIpc) is 3.02. The first-order valence-electron chi connectivity index (χ1n) is 6.72. The molecule has 1 aliphatic heterocycles. The van der Waals surface area contributed by atoms with Crippen molar-refractivity contribution in [1.29, 1.82) is 5.41 Å². The highest BCUT2D eigenvalue weighted by Crippen LogP contribution is 2.41. The van der Waals surface area contributed by atoms with Crippen molar-refractivity contribution in [3.8, 4) is 0 Å². The third-order valence-electron chi connectivity index (χ3n) is 4.06. The second-order valence-electron chi connectivity index (χ2n) is 5.30. The zero-order valence-corrected chi connectivity index (χ0v) is 11.8. The third-order valence-corrected chi connectivity index (χ3v) is 4.06. The fourth-order valence-electron chi connectivity index (χ4n) is 2.92. The second-order valence-corrected chi connectivity index (χ2v) is 5.30. The zero-order valence-electron chi connectivity index (χ0n) is 11.8. The summed E-state index contributed by atoms with van der Waals surface area (Å²) in [4.78, 5) is 3.88. The molecule has 2 aromatic rings. The minimum Gasteiger partial charge on any atom is -0.394 e. The van der Waals surface area contributed by atoms with Gasteiger partial charge >= 0.3 is 0 Å². The molecule has 6 N–H and O–H groups in total. The molecule has 3 heterocycles. The predicted octanol–water partition coefficient (Wildman–Crippen LogP) is -1.34. The molecule has 118 valence electrons. The van der Waals surface area contributed by atoms with E-state index in [2.05, 4.69) is 10.1 Å². The Morgan fingerprint density at radius 1 is 1.50 bits per heavy atom. The molecular formula is C13H17N5O4. The number of nitrogen functional groups attached to an aromatic ring is 1. The number of hydrogen-bond acceptors (Lipinski definition) is 8. The Morgan fingerprint density at radius 3 is 2.82 bits per heavy atom. The summed E-state index contributed by atoms with van der Waals surface area (Å²) in [6, 6.07) is 3.25. The van der Waals surface area contributed by atoms with Gasteiger partial charge in [0.15, 0.2) is 11.4 Å². The van der Waals surface area contributed by atoms with Crippen molar-refractivity contribution in [3.05, 3.63) is 24.2 Å². The van der Waals surface area contributed by atoms with Gasteiger partial charge in [0, 0.05) is 5.71 Å². The van der Waals surface area contributed by atoms with Crippen LogP contribution >= 0.6 is 0 Å². The highest BCUT2D eigenvalue weighted by Gasteiger charge is 2.58.